The number of benzene rings is 2. The van der Waals surface area contributed by atoms with Gasteiger partial charge in [-0.05, 0) is 31.2 Å². The highest BCUT2D eigenvalue weighted by Crippen LogP contribution is 2.33. The summed E-state index contributed by atoms with van der Waals surface area (Å²) in [4.78, 5) is 12.7. The Kier molecular flexibility index (Phi) is 5.08. The van der Waals surface area contributed by atoms with E-state index in [-0.39, 0.29) is 12.3 Å². The summed E-state index contributed by atoms with van der Waals surface area (Å²) in [6.45, 7) is 2.80. The average Bonchev–Trinajstić information content (AvgIpc) is 3.08. The van der Waals surface area contributed by atoms with Crippen molar-refractivity contribution < 1.29 is 23.5 Å². The molecule has 1 aliphatic heterocycles. The summed E-state index contributed by atoms with van der Waals surface area (Å²) in [6, 6.07) is 12.3. The van der Waals surface area contributed by atoms with E-state index in [1.165, 1.54) is 0 Å². The van der Waals surface area contributed by atoms with Gasteiger partial charge in [0.15, 0.2) is 17.2 Å². The van der Waals surface area contributed by atoms with Crippen LogP contribution in [0.1, 0.15) is 21.8 Å². The van der Waals surface area contributed by atoms with Crippen LogP contribution in [0, 0.1) is 6.92 Å². The molecule has 0 unspecified atom stereocenters. The Morgan fingerprint density at radius 3 is 2.79 bits per heavy atom. The normalized spacial score (nSPS) is 12.5. The van der Waals surface area contributed by atoms with Crippen LogP contribution in [0.2, 0.25) is 5.02 Å². The van der Waals surface area contributed by atoms with E-state index in [4.69, 9.17) is 30.3 Å². The van der Waals surface area contributed by atoms with Gasteiger partial charge in [0, 0.05) is 11.8 Å². The van der Waals surface area contributed by atoms with Gasteiger partial charge in [-0.3, -0.25) is 4.79 Å². The van der Waals surface area contributed by atoms with Crippen molar-refractivity contribution in [2.75, 3.05) is 18.5 Å². The molecule has 1 aliphatic rings. The first-order chi connectivity index (χ1) is 13.6. The second-order valence-electron chi connectivity index (χ2n) is 6.10. The molecular formula is C20H17ClN2O5. The van der Waals surface area contributed by atoms with E-state index in [0.29, 0.717) is 52.5 Å². The van der Waals surface area contributed by atoms with Crippen molar-refractivity contribution in [3.8, 4) is 17.2 Å². The highest BCUT2D eigenvalue weighted by Gasteiger charge is 2.21. The summed E-state index contributed by atoms with van der Waals surface area (Å²) >= 11 is 6.11. The topological polar surface area (TPSA) is 82.8 Å². The van der Waals surface area contributed by atoms with E-state index in [2.05, 4.69) is 10.5 Å². The van der Waals surface area contributed by atoms with Crippen LogP contribution in [0.15, 0.2) is 47.0 Å². The monoisotopic (exact) mass is 400 g/mol. The number of nitrogens with one attached hydrogen (secondary N) is 1. The van der Waals surface area contributed by atoms with Crippen molar-refractivity contribution in [3.63, 3.8) is 0 Å². The van der Waals surface area contributed by atoms with E-state index >= 15 is 0 Å². The van der Waals surface area contributed by atoms with E-state index in [1.54, 1.807) is 37.3 Å². The first-order valence-corrected chi connectivity index (χ1v) is 9.03. The predicted molar refractivity (Wildman–Crippen MR) is 102 cm³/mol. The summed E-state index contributed by atoms with van der Waals surface area (Å²) in [7, 11) is 0. The van der Waals surface area contributed by atoms with Crippen LogP contribution in [-0.2, 0) is 6.61 Å². The minimum atomic E-state index is -0.411. The lowest BCUT2D eigenvalue weighted by molar-refractivity contribution is 0.101. The third-order valence-electron chi connectivity index (χ3n) is 4.21. The van der Waals surface area contributed by atoms with Gasteiger partial charge in [0.2, 0.25) is 0 Å². The molecule has 0 radical (unpaired) electrons. The largest absolute Gasteiger partial charge is 0.487 e. The summed E-state index contributed by atoms with van der Waals surface area (Å²) in [6.07, 6.45) is 0. The predicted octanol–water partition coefficient (Wildman–Crippen LogP) is 4.24. The molecule has 0 spiro atoms. The van der Waals surface area contributed by atoms with E-state index in [9.17, 15) is 4.79 Å². The number of para-hydroxylation sites is 1. The lowest BCUT2D eigenvalue weighted by Gasteiger charge is -2.18. The van der Waals surface area contributed by atoms with Gasteiger partial charge in [-0.2, -0.15) is 0 Å². The molecule has 28 heavy (non-hydrogen) atoms. The van der Waals surface area contributed by atoms with Crippen LogP contribution < -0.4 is 19.5 Å². The number of hydrogen-bond acceptors (Lipinski definition) is 6. The fourth-order valence-electron chi connectivity index (χ4n) is 2.76. The van der Waals surface area contributed by atoms with Crippen molar-refractivity contribution in [2.45, 2.75) is 13.5 Å². The molecular weight excluding hydrogens is 384 g/mol. The number of amides is 1. The van der Waals surface area contributed by atoms with Crippen molar-refractivity contribution in [2.24, 2.45) is 0 Å². The number of nitrogens with zero attached hydrogens (tertiary/aromatic N) is 1. The quantitative estimate of drug-likeness (QED) is 0.689. The van der Waals surface area contributed by atoms with Gasteiger partial charge >= 0.3 is 0 Å². The Hall–Kier alpha value is -3.19. The number of aromatic nitrogens is 1. The lowest BCUT2D eigenvalue weighted by Crippen LogP contribution is -2.17. The molecule has 0 fully saturated rings. The number of hydrogen-bond donors (Lipinski definition) is 1. The number of fused-ring (bicyclic) bond motifs is 1. The molecule has 2 heterocycles. The van der Waals surface area contributed by atoms with Crippen molar-refractivity contribution in [1.29, 1.82) is 0 Å². The van der Waals surface area contributed by atoms with Crippen LogP contribution in [0.4, 0.5) is 5.69 Å². The number of anilines is 1. The fraction of sp³-hybridized carbons (Fsp3) is 0.200. The molecule has 144 valence electrons. The molecule has 4 rings (SSSR count). The summed E-state index contributed by atoms with van der Waals surface area (Å²) in [5, 5.41) is 7.16. The SMILES string of the molecule is Cc1onc(C(=O)Nc2ccc3c(c2)OCCO3)c1COc1ccccc1Cl. The first-order valence-electron chi connectivity index (χ1n) is 8.65. The molecule has 0 atom stereocenters. The van der Waals surface area contributed by atoms with Crippen molar-refractivity contribution >= 4 is 23.2 Å². The molecule has 1 aromatic heterocycles. The molecule has 7 nitrogen and oxygen atoms in total. The van der Waals surface area contributed by atoms with Gasteiger partial charge in [0.05, 0.1) is 10.6 Å². The average molecular weight is 401 g/mol. The molecule has 2 aromatic carbocycles. The number of aryl methyl sites for hydroxylation is 1. The van der Waals surface area contributed by atoms with E-state index in [1.807, 2.05) is 12.1 Å². The highest BCUT2D eigenvalue weighted by molar-refractivity contribution is 6.32. The third-order valence-corrected chi connectivity index (χ3v) is 4.52. The lowest BCUT2D eigenvalue weighted by atomic mass is 10.2. The Bertz CT molecular complexity index is 1020. The van der Waals surface area contributed by atoms with Crippen molar-refractivity contribution in [1.82, 2.24) is 5.16 Å². The van der Waals surface area contributed by atoms with Crippen LogP contribution in [0.25, 0.3) is 0 Å². The first kappa shape index (κ1) is 18.2. The maximum Gasteiger partial charge on any atom is 0.278 e. The number of carbonyl (C=O) groups is 1. The molecule has 0 bridgehead atoms. The Balaban J connectivity index is 1.50. The van der Waals surface area contributed by atoms with Crippen LogP contribution in [-0.4, -0.2) is 24.3 Å². The summed E-state index contributed by atoms with van der Waals surface area (Å²) < 4.78 is 21.9. The zero-order valence-corrected chi connectivity index (χ0v) is 15.8. The van der Waals surface area contributed by atoms with Crippen LogP contribution in [0.3, 0.4) is 0 Å². The zero-order chi connectivity index (χ0) is 19.5. The van der Waals surface area contributed by atoms with Gasteiger partial charge < -0.3 is 24.1 Å². The Morgan fingerprint density at radius 2 is 1.96 bits per heavy atom. The maximum atomic E-state index is 12.7. The highest BCUT2D eigenvalue weighted by atomic mass is 35.5. The molecule has 3 aromatic rings. The van der Waals surface area contributed by atoms with Gasteiger partial charge in [0.25, 0.3) is 5.91 Å². The fourth-order valence-corrected chi connectivity index (χ4v) is 2.95. The summed E-state index contributed by atoms with van der Waals surface area (Å²) in [5.74, 6) is 1.84. The smallest absolute Gasteiger partial charge is 0.278 e. The number of halogens is 1. The minimum absolute atomic E-state index is 0.100. The van der Waals surface area contributed by atoms with Crippen molar-refractivity contribution in [3.05, 3.63) is 64.5 Å². The Morgan fingerprint density at radius 1 is 1.18 bits per heavy atom. The zero-order valence-electron chi connectivity index (χ0n) is 15.0. The molecule has 0 saturated carbocycles. The molecule has 1 amide bonds. The van der Waals surface area contributed by atoms with Crippen LogP contribution >= 0.6 is 11.6 Å². The van der Waals surface area contributed by atoms with E-state index < -0.39 is 5.91 Å². The molecule has 1 N–H and O–H groups in total. The second kappa shape index (κ2) is 7.82. The number of rotatable bonds is 5. The summed E-state index contributed by atoms with van der Waals surface area (Å²) in [5.41, 5.74) is 1.27. The van der Waals surface area contributed by atoms with Gasteiger partial charge in [-0.15, -0.1) is 0 Å². The Labute approximate surface area is 166 Å². The standard InChI is InChI=1S/C20H17ClN2O5/c1-12-14(11-27-16-5-3-2-4-15(16)21)19(23-28-12)20(24)22-13-6-7-17-18(10-13)26-9-8-25-17/h2-7,10H,8-9,11H2,1H3,(H,22,24). The number of carbonyl (C=O) groups excluding carboxylic acids is 1. The number of ether oxygens (including phenoxy) is 3. The van der Waals surface area contributed by atoms with Crippen LogP contribution in [0.5, 0.6) is 17.2 Å². The molecule has 0 aliphatic carbocycles. The minimum Gasteiger partial charge on any atom is -0.487 e. The van der Waals surface area contributed by atoms with Gasteiger partial charge in [-0.1, -0.05) is 28.9 Å². The maximum absolute atomic E-state index is 12.7. The molecule has 0 saturated heterocycles. The third kappa shape index (κ3) is 3.75. The van der Waals surface area contributed by atoms with Gasteiger partial charge in [0.1, 0.15) is 31.3 Å². The van der Waals surface area contributed by atoms with E-state index in [0.717, 1.165) is 0 Å². The molecule has 8 heteroatoms. The second-order valence-corrected chi connectivity index (χ2v) is 6.50. The van der Waals surface area contributed by atoms with Gasteiger partial charge in [-0.25, -0.2) is 0 Å².